The maximum atomic E-state index is 12.3. The minimum atomic E-state index is -0.985. The highest BCUT2D eigenvalue weighted by Gasteiger charge is 2.61. The molecule has 6 nitrogen and oxygen atoms in total. The smallest absolute Gasteiger partial charge is 0.340 e. The van der Waals surface area contributed by atoms with E-state index < -0.39 is 11.3 Å². The summed E-state index contributed by atoms with van der Waals surface area (Å²) in [4.78, 5) is 23.4. The maximum Gasteiger partial charge on any atom is 0.340 e. The fourth-order valence-electron chi connectivity index (χ4n) is 4.31. The van der Waals surface area contributed by atoms with Crippen molar-refractivity contribution in [3.8, 4) is 0 Å². The Morgan fingerprint density at radius 1 is 1.27 bits per heavy atom. The number of fused-ring (bicyclic) bond motifs is 2. The molecular formula is C20H26N2O4. The van der Waals surface area contributed by atoms with Crippen molar-refractivity contribution in [3.05, 3.63) is 35.9 Å². The molecule has 1 aromatic carbocycles. The van der Waals surface area contributed by atoms with E-state index in [2.05, 4.69) is 0 Å². The molecule has 2 fully saturated rings. The second-order valence-electron chi connectivity index (χ2n) is 7.63. The minimum Gasteiger partial charge on any atom is -0.475 e. The quantitative estimate of drug-likeness (QED) is 0.777. The van der Waals surface area contributed by atoms with Gasteiger partial charge < -0.3 is 9.47 Å². The van der Waals surface area contributed by atoms with Crippen LogP contribution in [0.25, 0.3) is 0 Å². The number of esters is 1. The van der Waals surface area contributed by atoms with Crippen LogP contribution < -0.4 is 0 Å². The van der Waals surface area contributed by atoms with Gasteiger partial charge in [0.25, 0.3) is 0 Å². The van der Waals surface area contributed by atoms with Crippen LogP contribution >= 0.6 is 0 Å². The number of hydrogen-bond acceptors (Lipinski definition) is 6. The molecule has 2 heterocycles. The first-order valence-corrected chi connectivity index (χ1v) is 9.40. The van der Waals surface area contributed by atoms with Crippen molar-refractivity contribution < 1.29 is 19.1 Å². The molecule has 2 aliphatic heterocycles. The van der Waals surface area contributed by atoms with Gasteiger partial charge in [-0.3, -0.25) is 4.84 Å². The summed E-state index contributed by atoms with van der Waals surface area (Å²) in [5.41, 5.74) is -0.289. The number of hydrogen-bond donors (Lipinski definition) is 0. The van der Waals surface area contributed by atoms with Crippen LogP contribution in [0.1, 0.15) is 51.0 Å². The van der Waals surface area contributed by atoms with Crippen LogP contribution in [0.2, 0.25) is 0 Å². The van der Waals surface area contributed by atoms with Crippen molar-refractivity contribution in [2.45, 2.75) is 69.4 Å². The average molecular weight is 358 g/mol. The standard InChI is InChI=1S/C20H26N2O4/c1-19(18(23)24-2)13-16-17(25-14-15-9-5-3-6-10-15)21-20(22(16)26-19)11-7-4-8-12-20/h3,5-6,9-10,16H,4,7-8,11-14H2,1-2H3/t16-,19-/m1/s1. The molecule has 140 valence electrons. The van der Waals surface area contributed by atoms with Gasteiger partial charge in [-0.1, -0.05) is 36.8 Å². The Morgan fingerprint density at radius 2 is 2.00 bits per heavy atom. The SMILES string of the molecule is COC(=O)[C@@]1(C)C[C@@H]2C(OCc3ccccc3)=NC3(CCCCC3)N2O1. The molecule has 4 rings (SSSR count). The normalized spacial score (nSPS) is 30.1. The number of carbonyl (C=O) groups is 1. The van der Waals surface area contributed by atoms with Gasteiger partial charge in [-0.2, -0.15) is 0 Å². The minimum absolute atomic E-state index is 0.138. The third-order valence-corrected chi connectivity index (χ3v) is 5.68. The first kappa shape index (κ1) is 17.5. The largest absolute Gasteiger partial charge is 0.475 e. The number of rotatable bonds is 3. The fourth-order valence-corrected chi connectivity index (χ4v) is 4.31. The van der Waals surface area contributed by atoms with Crippen LogP contribution in [0.15, 0.2) is 35.3 Å². The number of carbonyl (C=O) groups excluding carboxylic acids is 1. The van der Waals surface area contributed by atoms with Gasteiger partial charge in [0.05, 0.1) is 7.11 Å². The lowest BCUT2D eigenvalue weighted by atomic mass is 9.89. The Labute approximate surface area is 154 Å². The molecule has 0 N–H and O–H groups in total. The lowest BCUT2D eigenvalue weighted by Crippen LogP contribution is -2.48. The van der Waals surface area contributed by atoms with Crippen molar-refractivity contribution in [1.82, 2.24) is 5.06 Å². The van der Waals surface area contributed by atoms with Gasteiger partial charge in [0.2, 0.25) is 5.90 Å². The molecular weight excluding hydrogens is 332 g/mol. The summed E-state index contributed by atoms with van der Waals surface area (Å²) in [6.45, 7) is 2.26. The van der Waals surface area contributed by atoms with Crippen LogP contribution in [0.3, 0.4) is 0 Å². The molecule has 0 amide bonds. The Balaban J connectivity index is 1.58. The zero-order chi connectivity index (χ0) is 18.2. The summed E-state index contributed by atoms with van der Waals surface area (Å²) in [6.07, 6.45) is 5.78. The van der Waals surface area contributed by atoms with Crippen molar-refractivity contribution in [2.24, 2.45) is 4.99 Å². The van der Waals surface area contributed by atoms with Crippen LogP contribution in [-0.2, 0) is 25.7 Å². The maximum absolute atomic E-state index is 12.3. The predicted octanol–water partition coefficient (Wildman–Crippen LogP) is 3.21. The molecule has 0 aromatic heterocycles. The van der Waals surface area contributed by atoms with Crippen LogP contribution in [0, 0.1) is 0 Å². The lowest BCUT2D eigenvalue weighted by molar-refractivity contribution is -0.248. The van der Waals surface area contributed by atoms with Crippen LogP contribution in [0.5, 0.6) is 0 Å². The topological polar surface area (TPSA) is 60.4 Å². The van der Waals surface area contributed by atoms with Gasteiger partial charge in [0.1, 0.15) is 18.3 Å². The van der Waals surface area contributed by atoms with E-state index in [9.17, 15) is 4.79 Å². The molecule has 26 heavy (non-hydrogen) atoms. The Morgan fingerprint density at radius 3 is 2.69 bits per heavy atom. The number of hydroxylamine groups is 2. The number of nitrogens with zero attached hydrogens (tertiary/aromatic N) is 2. The molecule has 0 bridgehead atoms. The number of benzene rings is 1. The van der Waals surface area contributed by atoms with Crippen LogP contribution in [-0.4, -0.2) is 41.3 Å². The molecule has 1 saturated heterocycles. The summed E-state index contributed by atoms with van der Waals surface area (Å²) >= 11 is 0. The highest BCUT2D eigenvalue weighted by molar-refractivity contribution is 5.87. The second kappa shape index (κ2) is 6.67. The lowest BCUT2D eigenvalue weighted by Gasteiger charge is -2.38. The monoisotopic (exact) mass is 358 g/mol. The molecule has 2 atom stereocenters. The first-order valence-electron chi connectivity index (χ1n) is 9.40. The summed E-state index contributed by atoms with van der Waals surface area (Å²) in [6, 6.07) is 9.91. The molecule has 0 unspecified atom stereocenters. The second-order valence-corrected chi connectivity index (χ2v) is 7.63. The van der Waals surface area contributed by atoms with Gasteiger partial charge in [-0.25, -0.2) is 9.79 Å². The number of aliphatic imine (C=N–C) groups is 1. The fraction of sp³-hybridized carbons (Fsp3) is 0.600. The van der Waals surface area contributed by atoms with E-state index >= 15 is 0 Å². The molecule has 6 heteroatoms. The molecule has 1 spiro atoms. The average Bonchev–Trinajstić information content (AvgIpc) is 3.16. The van der Waals surface area contributed by atoms with Gasteiger partial charge in [0, 0.05) is 6.42 Å². The summed E-state index contributed by atoms with van der Waals surface area (Å²) in [7, 11) is 1.40. The number of methoxy groups -OCH3 is 1. The number of ether oxygens (including phenoxy) is 2. The summed E-state index contributed by atoms with van der Waals surface area (Å²) in [5.74, 6) is 0.337. The van der Waals surface area contributed by atoms with E-state index in [1.54, 1.807) is 6.92 Å². The van der Waals surface area contributed by atoms with E-state index in [1.165, 1.54) is 13.5 Å². The van der Waals surface area contributed by atoms with Crippen molar-refractivity contribution in [3.63, 3.8) is 0 Å². The van der Waals surface area contributed by atoms with Crippen molar-refractivity contribution in [2.75, 3.05) is 7.11 Å². The van der Waals surface area contributed by atoms with E-state index in [0.29, 0.717) is 18.9 Å². The van der Waals surface area contributed by atoms with Crippen LogP contribution in [0.4, 0.5) is 0 Å². The van der Waals surface area contributed by atoms with Gasteiger partial charge in [-0.05, 0) is 38.2 Å². The third-order valence-electron chi connectivity index (χ3n) is 5.68. The van der Waals surface area contributed by atoms with Gasteiger partial charge >= 0.3 is 5.97 Å². The van der Waals surface area contributed by atoms with E-state index in [1.807, 2.05) is 35.4 Å². The highest BCUT2D eigenvalue weighted by Crippen LogP contribution is 2.48. The third kappa shape index (κ3) is 2.91. The molecule has 3 aliphatic rings. The van der Waals surface area contributed by atoms with E-state index in [0.717, 1.165) is 31.2 Å². The first-order chi connectivity index (χ1) is 12.6. The zero-order valence-corrected chi connectivity index (χ0v) is 15.4. The van der Waals surface area contributed by atoms with Gasteiger partial charge in [-0.15, -0.1) is 5.06 Å². The van der Waals surface area contributed by atoms with Crippen molar-refractivity contribution in [1.29, 1.82) is 0 Å². The Hall–Kier alpha value is -1.92. The molecule has 0 radical (unpaired) electrons. The predicted molar refractivity (Wildman–Crippen MR) is 96.2 cm³/mol. The molecule has 1 aromatic rings. The van der Waals surface area contributed by atoms with Gasteiger partial charge in [0.15, 0.2) is 5.60 Å². The van der Waals surface area contributed by atoms with Crippen molar-refractivity contribution >= 4 is 11.9 Å². The summed E-state index contributed by atoms with van der Waals surface area (Å²) in [5, 5.41) is 1.93. The van der Waals surface area contributed by atoms with E-state index in [4.69, 9.17) is 19.3 Å². The molecule has 1 saturated carbocycles. The Bertz CT molecular complexity index is 699. The Kier molecular flexibility index (Phi) is 4.49. The zero-order valence-electron chi connectivity index (χ0n) is 15.4. The highest BCUT2D eigenvalue weighted by atomic mass is 16.7. The van der Waals surface area contributed by atoms with E-state index in [-0.39, 0.29) is 12.0 Å². The molecule has 1 aliphatic carbocycles. The summed E-state index contributed by atoms with van der Waals surface area (Å²) < 4.78 is 11.1.